The number of sulfone groups is 1. The van der Waals surface area contributed by atoms with Gasteiger partial charge in [-0.05, 0) is 24.5 Å². The van der Waals surface area contributed by atoms with Crippen LogP contribution in [0, 0.1) is 0 Å². The number of hydrogen-bond acceptors (Lipinski definition) is 7. The van der Waals surface area contributed by atoms with Crippen molar-refractivity contribution in [1.29, 1.82) is 0 Å². The Morgan fingerprint density at radius 2 is 2.16 bits per heavy atom. The van der Waals surface area contributed by atoms with Gasteiger partial charge < -0.3 is 10.3 Å². The second-order valence-electron chi connectivity index (χ2n) is 3.85. The lowest BCUT2D eigenvalue weighted by atomic mass is 10.2. The van der Waals surface area contributed by atoms with Crippen LogP contribution in [0.3, 0.4) is 0 Å². The third-order valence-corrected chi connectivity index (χ3v) is 4.53. The maximum Gasteiger partial charge on any atom is 0.240 e. The molecular weight excluding hydrogens is 286 g/mol. The Bertz CT molecular complexity index is 695. The highest BCUT2D eigenvalue weighted by Gasteiger charge is 2.16. The first-order chi connectivity index (χ1) is 8.95. The number of thioether (sulfide) groups is 1. The highest BCUT2D eigenvalue weighted by molar-refractivity contribution is 7.99. The zero-order chi connectivity index (χ0) is 14.0. The lowest BCUT2D eigenvalue weighted by Crippen LogP contribution is -2.00. The van der Waals surface area contributed by atoms with Crippen molar-refractivity contribution in [1.82, 2.24) is 10.1 Å². The van der Waals surface area contributed by atoms with E-state index in [0.717, 1.165) is 0 Å². The largest absolute Gasteiger partial charge is 0.338 e. The molecule has 0 aliphatic rings. The van der Waals surface area contributed by atoms with E-state index in [9.17, 15) is 8.42 Å². The van der Waals surface area contributed by atoms with Gasteiger partial charge in [0.05, 0.1) is 11.4 Å². The van der Waals surface area contributed by atoms with Crippen LogP contribution in [-0.4, -0.2) is 31.1 Å². The summed E-state index contributed by atoms with van der Waals surface area (Å²) in [5.41, 5.74) is 5.98. The van der Waals surface area contributed by atoms with E-state index in [1.165, 1.54) is 18.0 Å². The van der Waals surface area contributed by atoms with E-state index in [1.807, 2.05) is 6.26 Å². The zero-order valence-corrected chi connectivity index (χ0v) is 12.1. The van der Waals surface area contributed by atoms with Crippen LogP contribution < -0.4 is 5.73 Å². The molecule has 2 rings (SSSR count). The van der Waals surface area contributed by atoms with Gasteiger partial charge in [-0.3, -0.25) is 0 Å². The van der Waals surface area contributed by atoms with E-state index in [2.05, 4.69) is 10.1 Å². The van der Waals surface area contributed by atoms with Crippen molar-refractivity contribution in [3.63, 3.8) is 0 Å². The van der Waals surface area contributed by atoms with Crippen molar-refractivity contribution < 1.29 is 12.9 Å². The van der Waals surface area contributed by atoms with Gasteiger partial charge in [-0.25, -0.2) is 8.42 Å². The van der Waals surface area contributed by atoms with Crippen LogP contribution in [0.25, 0.3) is 11.4 Å². The van der Waals surface area contributed by atoms with Crippen molar-refractivity contribution in [2.45, 2.75) is 16.3 Å². The van der Waals surface area contributed by atoms with E-state index in [1.54, 1.807) is 18.2 Å². The fraction of sp³-hybridized carbons (Fsp3) is 0.273. The number of rotatable bonds is 4. The summed E-state index contributed by atoms with van der Waals surface area (Å²) in [6.45, 7) is 0.148. The standard InChI is InChI=1S/C11H13N3O3S2/c1-18-8-4-3-7(5-9(8)19(2,15)16)11-13-10(6-12)17-14-11/h3-5H,6,12H2,1-2H3. The fourth-order valence-electron chi connectivity index (χ4n) is 1.56. The average Bonchev–Trinajstić information content (AvgIpc) is 2.85. The summed E-state index contributed by atoms with van der Waals surface area (Å²) in [5, 5.41) is 3.77. The van der Waals surface area contributed by atoms with Crippen molar-refractivity contribution in [3.05, 3.63) is 24.1 Å². The molecule has 1 aromatic heterocycles. The highest BCUT2D eigenvalue weighted by atomic mass is 32.2. The quantitative estimate of drug-likeness (QED) is 0.850. The average molecular weight is 299 g/mol. The highest BCUT2D eigenvalue weighted by Crippen LogP contribution is 2.29. The molecule has 0 spiro atoms. The van der Waals surface area contributed by atoms with Crippen molar-refractivity contribution in [2.75, 3.05) is 12.5 Å². The zero-order valence-electron chi connectivity index (χ0n) is 10.5. The molecule has 0 fully saturated rings. The van der Waals surface area contributed by atoms with Crippen molar-refractivity contribution in [2.24, 2.45) is 5.73 Å². The fourth-order valence-corrected chi connectivity index (χ4v) is 3.50. The van der Waals surface area contributed by atoms with E-state index in [0.29, 0.717) is 22.2 Å². The Morgan fingerprint density at radius 3 is 2.68 bits per heavy atom. The second kappa shape index (κ2) is 5.32. The van der Waals surface area contributed by atoms with Crippen molar-refractivity contribution in [3.8, 4) is 11.4 Å². The molecule has 6 nitrogen and oxygen atoms in total. The number of nitrogens with two attached hydrogens (primary N) is 1. The van der Waals surface area contributed by atoms with Crippen LogP contribution in [0.15, 0.2) is 32.5 Å². The van der Waals surface area contributed by atoms with Gasteiger partial charge in [-0.15, -0.1) is 11.8 Å². The van der Waals surface area contributed by atoms with Gasteiger partial charge in [0, 0.05) is 16.7 Å². The Balaban J connectivity index is 2.55. The minimum Gasteiger partial charge on any atom is -0.338 e. The van der Waals surface area contributed by atoms with E-state index < -0.39 is 9.84 Å². The third kappa shape index (κ3) is 2.96. The Hall–Kier alpha value is -1.38. The molecule has 0 bridgehead atoms. The Morgan fingerprint density at radius 1 is 1.42 bits per heavy atom. The molecule has 1 heterocycles. The maximum absolute atomic E-state index is 11.8. The maximum atomic E-state index is 11.8. The molecule has 102 valence electrons. The second-order valence-corrected chi connectivity index (χ2v) is 6.69. The summed E-state index contributed by atoms with van der Waals surface area (Å²) in [6, 6.07) is 5.03. The van der Waals surface area contributed by atoms with Gasteiger partial charge in [0.25, 0.3) is 0 Å². The van der Waals surface area contributed by atoms with E-state index in [-0.39, 0.29) is 11.4 Å². The predicted molar refractivity (Wildman–Crippen MR) is 72.5 cm³/mol. The molecule has 0 saturated heterocycles. The van der Waals surface area contributed by atoms with Gasteiger partial charge in [-0.2, -0.15) is 4.98 Å². The SMILES string of the molecule is CSc1ccc(-c2noc(CN)n2)cc1S(C)(=O)=O. The summed E-state index contributed by atoms with van der Waals surface area (Å²) >= 11 is 1.37. The summed E-state index contributed by atoms with van der Waals surface area (Å²) < 4.78 is 28.4. The summed E-state index contributed by atoms with van der Waals surface area (Å²) in [4.78, 5) is 5.02. The first-order valence-corrected chi connectivity index (χ1v) is 8.48. The van der Waals surface area contributed by atoms with Crippen LogP contribution in [0.5, 0.6) is 0 Å². The molecule has 2 N–H and O–H groups in total. The topological polar surface area (TPSA) is 99.1 Å². The predicted octanol–water partition coefficient (Wildman–Crippen LogP) is 1.32. The molecule has 0 atom stereocenters. The first kappa shape index (κ1) is 14.0. The summed E-state index contributed by atoms with van der Waals surface area (Å²) in [5.74, 6) is 0.642. The molecule has 2 aromatic rings. The number of nitrogens with zero attached hydrogens (tertiary/aromatic N) is 2. The minimum absolute atomic E-state index is 0.148. The van der Waals surface area contributed by atoms with Crippen LogP contribution in [0.1, 0.15) is 5.89 Å². The van der Waals surface area contributed by atoms with Gasteiger partial charge in [0.2, 0.25) is 11.7 Å². The normalized spacial score (nSPS) is 11.7. The smallest absolute Gasteiger partial charge is 0.240 e. The molecule has 1 aromatic carbocycles. The van der Waals surface area contributed by atoms with Gasteiger partial charge in [0.1, 0.15) is 0 Å². The molecule has 0 radical (unpaired) electrons. The van der Waals surface area contributed by atoms with Gasteiger partial charge >= 0.3 is 0 Å². The Labute approximate surface area is 115 Å². The molecule has 0 saturated carbocycles. The summed E-state index contributed by atoms with van der Waals surface area (Å²) in [7, 11) is -3.31. The molecule has 19 heavy (non-hydrogen) atoms. The number of hydrogen-bond donors (Lipinski definition) is 1. The lowest BCUT2D eigenvalue weighted by molar-refractivity contribution is 0.380. The Kier molecular flexibility index (Phi) is 3.93. The summed E-state index contributed by atoms with van der Waals surface area (Å²) in [6.07, 6.45) is 3.00. The molecule has 8 heteroatoms. The van der Waals surface area contributed by atoms with Crippen LogP contribution in [0.4, 0.5) is 0 Å². The number of aromatic nitrogens is 2. The van der Waals surface area contributed by atoms with Crippen LogP contribution in [-0.2, 0) is 16.4 Å². The molecule has 0 aliphatic carbocycles. The first-order valence-electron chi connectivity index (χ1n) is 5.37. The molecule has 0 unspecified atom stereocenters. The number of benzene rings is 1. The van der Waals surface area contributed by atoms with Gasteiger partial charge in [-0.1, -0.05) is 5.16 Å². The molecule has 0 aliphatic heterocycles. The van der Waals surface area contributed by atoms with Crippen molar-refractivity contribution >= 4 is 21.6 Å². The monoisotopic (exact) mass is 299 g/mol. The molecular formula is C11H13N3O3S2. The van der Waals surface area contributed by atoms with Gasteiger partial charge in [0.15, 0.2) is 9.84 Å². The minimum atomic E-state index is -3.31. The molecule has 0 amide bonds. The third-order valence-electron chi connectivity index (χ3n) is 2.46. The van der Waals surface area contributed by atoms with Crippen LogP contribution in [0.2, 0.25) is 0 Å². The van der Waals surface area contributed by atoms with E-state index >= 15 is 0 Å². The lowest BCUT2D eigenvalue weighted by Gasteiger charge is -2.06. The van der Waals surface area contributed by atoms with Crippen LogP contribution >= 0.6 is 11.8 Å². The van der Waals surface area contributed by atoms with E-state index in [4.69, 9.17) is 10.3 Å².